The fourth-order valence-corrected chi connectivity index (χ4v) is 2.05. The second-order valence-electron chi connectivity index (χ2n) is 4.41. The van der Waals surface area contributed by atoms with Gasteiger partial charge in [0.15, 0.2) is 0 Å². The number of imidazole rings is 1. The lowest BCUT2D eigenvalue weighted by atomic mass is 10.1. The molecule has 1 aromatic carbocycles. The maximum Gasteiger partial charge on any atom is 0.139 e. The maximum absolute atomic E-state index is 4.44. The lowest BCUT2D eigenvalue weighted by Crippen LogP contribution is -2.13. The molecule has 2 rings (SSSR count). The van der Waals surface area contributed by atoms with Crippen LogP contribution < -0.4 is 5.32 Å². The predicted octanol–water partition coefficient (Wildman–Crippen LogP) is 3.07. The third kappa shape index (κ3) is 2.99. The molecule has 3 nitrogen and oxygen atoms in total. The van der Waals surface area contributed by atoms with E-state index in [1.54, 1.807) is 0 Å². The van der Waals surface area contributed by atoms with Crippen LogP contribution in [0.5, 0.6) is 0 Å². The monoisotopic (exact) mass is 243 g/mol. The van der Waals surface area contributed by atoms with Gasteiger partial charge < -0.3 is 9.88 Å². The minimum atomic E-state index is 0.925. The Labute approximate surface area is 109 Å². The van der Waals surface area contributed by atoms with Crippen LogP contribution >= 0.6 is 0 Å². The highest BCUT2D eigenvalue weighted by Gasteiger charge is 2.05. The van der Waals surface area contributed by atoms with Crippen LogP contribution in [0.1, 0.15) is 25.8 Å². The van der Waals surface area contributed by atoms with E-state index in [4.69, 9.17) is 0 Å². The average molecular weight is 243 g/mol. The number of rotatable bonds is 6. The zero-order chi connectivity index (χ0) is 12.8. The van der Waals surface area contributed by atoms with Crippen molar-refractivity contribution in [3.63, 3.8) is 0 Å². The standard InChI is InChI=1S/C15H21N3/c1-3-8-16-12-13-6-5-7-14(11-13)15-17-9-10-18(15)4-2/h5-7,9-11,16H,3-4,8,12H2,1-2H3. The molecule has 0 atom stereocenters. The van der Waals surface area contributed by atoms with E-state index >= 15 is 0 Å². The molecule has 0 aliphatic rings. The molecule has 18 heavy (non-hydrogen) atoms. The summed E-state index contributed by atoms with van der Waals surface area (Å²) in [5, 5.41) is 3.43. The number of aryl methyl sites for hydroxylation is 1. The van der Waals surface area contributed by atoms with E-state index in [0.29, 0.717) is 0 Å². The van der Waals surface area contributed by atoms with Gasteiger partial charge in [-0.3, -0.25) is 0 Å². The molecule has 0 radical (unpaired) electrons. The van der Waals surface area contributed by atoms with Crippen molar-refractivity contribution < 1.29 is 0 Å². The maximum atomic E-state index is 4.44. The molecule has 0 amide bonds. The summed E-state index contributed by atoms with van der Waals surface area (Å²) < 4.78 is 2.17. The molecule has 0 fully saturated rings. The van der Waals surface area contributed by atoms with E-state index < -0.39 is 0 Å². The highest BCUT2D eigenvalue weighted by molar-refractivity contribution is 5.56. The number of hydrogen-bond acceptors (Lipinski definition) is 2. The van der Waals surface area contributed by atoms with Crippen molar-refractivity contribution in [3.05, 3.63) is 42.2 Å². The largest absolute Gasteiger partial charge is 0.331 e. The van der Waals surface area contributed by atoms with Gasteiger partial charge in [0.1, 0.15) is 5.82 Å². The average Bonchev–Trinajstić information content (AvgIpc) is 2.88. The van der Waals surface area contributed by atoms with Gasteiger partial charge in [-0.2, -0.15) is 0 Å². The van der Waals surface area contributed by atoms with E-state index in [0.717, 1.165) is 25.5 Å². The third-order valence-corrected chi connectivity index (χ3v) is 3.00. The predicted molar refractivity (Wildman–Crippen MR) is 75.3 cm³/mol. The SMILES string of the molecule is CCCNCc1cccc(-c2nccn2CC)c1. The van der Waals surface area contributed by atoms with Gasteiger partial charge in [-0.1, -0.05) is 25.1 Å². The van der Waals surface area contributed by atoms with Gasteiger partial charge in [0.25, 0.3) is 0 Å². The summed E-state index contributed by atoms with van der Waals surface area (Å²) in [5.41, 5.74) is 2.50. The molecule has 0 spiro atoms. The van der Waals surface area contributed by atoms with Gasteiger partial charge in [0, 0.05) is 31.0 Å². The first-order valence-corrected chi connectivity index (χ1v) is 6.66. The van der Waals surface area contributed by atoms with Crippen molar-refractivity contribution in [1.82, 2.24) is 14.9 Å². The zero-order valence-corrected chi connectivity index (χ0v) is 11.2. The van der Waals surface area contributed by atoms with Gasteiger partial charge in [-0.25, -0.2) is 4.98 Å². The van der Waals surface area contributed by atoms with Crippen LogP contribution in [-0.4, -0.2) is 16.1 Å². The molecule has 0 saturated carbocycles. The molecule has 2 aromatic rings. The molecule has 1 heterocycles. The van der Waals surface area contributed by atoms with Crippen LogP contribution in [0.15, 0.2) is 36.7 Å². The molecule has 0 bridgehead atoms. The second-order valence-corrected chi connectivity index (χ2v) is 4.41. The lowest BCUT2D eigenvalue weighted by Gasteiger charge is -2.08. The fraction of sp³-hybridized carbons (Fsp3) is 0.400. The number of hydrogen-bond donors (Lipinski definition) is 1. The van der Waals surface area contributed by atoms with Crippen LogP contribution in [0.2, 0.25) is 0 Å². The van der Waals surface area contributed by atoms with E-state index in [2.05, 4.69) is 53.0 Å². The number of nitrogens with zero attached hydrogens (tertiary/aromatic N) is 2. The van der Waals surface area contributed by atoms with Crippen LogP contribution in [0.25, 0.3) is 11.4 Å². The van der Waals surface area contributed by atoms with Crippen molar-refractivity contribution in [2.75, 3.05) is 6.54 Å². The Morgan fingerprint density at radius 1 is 1.28 bits per heavy atom. The van der Waals surface area contributed by atoms with Gasteiger partial charge >= 0.3 is 0 Å². The van der Waals surface area contributed by atoms with Crippen LogP contribution in [0.4, 0.5) is 0 Å². The Balaban J connectivity index is 2.16. The number of aromatic nitrogens is 2. The van der Waals surface area contributed by atoms with Crippen molar-refractivity contribution in [2.45, 2.75) is 33.4 Å². The topological polar surface area (TPSA) is 29.9 Å². The van der Waals surface area contributed by atoms with E-state index in [-0.39, 0.29) is 0 Å². The van der Waals surface area contributed by atoms with Crippen molar-refractivity contribution >= 4 is 0 Å². The fourth-order valence-electron chi connectivity index (χ4n) is 2.05. The summed E-state index contributed by atoms with van der Waals surface area (Å²) >= 11 is 0. The first kappa shape index (κ1) is 12.8. The van der Waals surface area contributed by atoms with Crippen molar-refractivity contribution in [1.29, 1.82) is 0 Å². The third-order valence-electron chi connectivity index (χ3n) is 3.00. The Kier molecular flexibility index (Phi) is 4.53. The van der Waals surface area contributed by atoms with E-state index in [9.17, 15) is 0 Å². The first-order chi connectivity index (χ1) is 8.85. The number of benzene rings is 1. The molecule has 0 aliphatic heterocycles. The summed E-state index contributed by atoms with van der Waals surface area (Å²) in [4.78, 5) is 4.44. The highest BCUT2D eigenvalue weighted by atomic mass is 15.1. The summed E-state index contributed by atoms with van der Waals surface area (Å²) in [7, 11) is 0. The summed E-state index contributed by atoms with van der Waals surface area (Å²) in [6, 6.07) is 8.60. The molecule has 3 heteroatoms. The van der Waals surface area contributed by atoms with Crippen molar-refractivity contribution in [3.8, 4) is 11.4 Å². The zero-order valence-electron chi connectivity index (χ0n) is 11.2. The van der Waals surface area contributed by atoms with Gasteiger partial charge in [-0.05, 0) is 31.5 Å². The molecule has 1 aromatic heterocycles. The summed E-state index contributed by atoms with van der Waals surface area (Å²) in [6.07, 6.45) is 5.05. The molecule has 1 N–H and O–H groups in total. The summed E-state index contributed by atoms with van der Waals surface area (Å²) in [5.74, 6) is 1.05. The lowest BCUT2D eigenvalue weighted by molar-refractivity contribution is 0.675. The van der Waals surface area contributed by atoms with Gasteiger partial charge in [0.2, 0.25) is 0 Å². The van der Waals surface area contributed by atoms with Crippen molar-refractivity contribution in [2.24, 2.45) is 0 Å². The van der Waals surface area contributed by atoms with E-state index in [1.807, 2.05) is 12.4 Å². The van der Waals surface area contributed by atoms with Crippen LogP contribution in [0, 0.1) is 0 Å². The highest BCUT2D eigenvalue weighted by Crippen LogP contribution is 2.18. The van der Waals surface area contributed by atoms with Crippen LogP contribution in [-0.2, 0) is 13.1 Å². The minimum absolute atomic E-state index is 0.925. The first-order valence-electron chi connectivity index (χ1n) is 6.66. The quantitative estimate of drug-likeness (QED) is 0.790. The molecule has 0 unspecified atom stereocenters. The van der Waals surface area contributed by atoms with Gasteiger partial charge in [0.05, 0.1) is 0 Å². The molecule has 0 aliphatic carbocycles. The Morgan fingerprint density at radius 2 is 2.17 bits per heavy atom. The number of nitrogens with one attached hydrogen (secondary N) is 1. The Morgan fingerprint density at radius 3 is 2.94 bits per heavy atom. The molecular formula is C15H21N3. The molecule has 0 saturated heterocycles. The minimum Gasteiger partial charge on any atom is -0.331 e. The Bertz CT molecular complexity index is 488. The molecule has 96 valence electrons. The second kappa shape index (κ2) is 6.36. The smallest absolute Gasteiger partial charge is 0.139 e. The van der Waals surface area contributed by atoms with Gasteiger partial charge in [-0.15, -0.1) is 0 Å². The van der Waals surface area contributed by atoms with Crippen LogP contribution in [0.3, 0.4) is 0 Å². The Hall–Kier alpha value is -1.61. The normalized spacial score (nSPS) is 10.8. The summed E-state index contributed by atoms with van der Waals surface area (Å²) in [6.45, 7) is 7.26. The van der Waals surface area contributed by atoms with E-state index in [1.165, 1.54) is 17.5 Å². The molecular weight excluding hydrogens is 222 g/mol.